The highest BCUT2D eigenvalue weighted by atomic mass is 16.5. The van der Waals surface area contributed by atoms with Crippen molar-refractivity contribution in [3.05, 3.63) is 23.7 Å². The van der Waals surface area contributed by atoms with Crippen molar-refractivity contribution < 1.29 is 9.15 Å². The van der Waals surface area contributed by atoms with Gasteiger partial charge in [-0.15, -0.1) is 0 Å². The Morgan fingerprint density at radius 2 is 2.06 bits per heavy atom. The molecule has 0 bridgehead atoms. The van der Waals surface area contributed by atoms with Crippen molar-refractivity contribution in [1.82, 2.24) is 10.2 Å². The molecule has 17 heavy (non-hydrogen) atoms. The van der Waals surface area contributed by atoms with E-state index < -0.39 is 0 Å². The Balaban J connectivity index is 1.73. The zero-order valence-corrected chi connectivity index (χ0v) is 10.7. The summed E-state index contributed by atoms with van der Waals surface area (Å²) in [5, 5.41) is 3.07. The maximum atomic E-state index is 5.87. The van der Waals surface area contributed by atoms with Crippen LogP contribution in [0.2, 0.25) is 0 Å². The van der Waals surface area contributed by atoms with Crippen molar-refractivity contribution in [1.29, 1.82) is 0 Å². The Morgan fingerprint density at radius 1 is 1.35 bits per heavy atom. The molecular weight excluding hydrogens is 216 g/mol. The number of piperidine rings is 1. The maximum Gasteiger partial charge on any atom is 0.129 e. The van der Waals surface area contributed by atoms with E-state index in [0.717, 1.165) is 44.0 Å². The van der Waals surface area contributed by atoms with Crippen molar-refractivity contribution in [2.75, 3.05) is 27.2 Å². The van der Waals surface area contributed by atoms with Gasteiger partial charge in [0.25, 0.3) is 0 Å². The van der Waals surface area contributed by atoms with Gasteiger partial charge in [0.05, 0.1) is 12.6 Å². The number of furan rings is 1. The van der Waals surface area contributed by atoms with Crippen molar-refractivity contribution in [2.24, 2.45) is 0 Å². The first-order valence-corrected chi connectivity index (χ1v) is 6.30. The normalized spacial score (nSPS) is 18.7. The molecule has 4 nitrogen and oxygen atoms in total. The van der Waals surface area contributed by atoms with E-state index in [1.54, 1.807) is 0 Å². The van der Waals surface area contributed by atoms with E-state index in [9.17, 15) is 0 Å². The van der Waals surface area contributed by atoms with Crippen LogP contribution in [0.4, 0.5) is 0 Å². The van der Waals surface area contributed by atoms with Crippen LogP contribution in [0.1, 0.15) is 24.4 Å². The Labute approximate surface area is 103 Å². The first-order chi connectivity index (χ1) is 8.28. The summed E-state index contributed by atoms with van der Waals surface area (Å²) in [5.41, 5.74) is 0. The Kier molecular flexibility index (Phi) is 4.59. The summed E-state index contributed by atoms with van der Waals surface area (Å²) in [6.45, 7) is 3.63. The largest absolute Gasteiger partial charge is 0.462 e. The third-order valence-corrected chi connectivity index (χ3v) is 3.20. The van der Waals surface area contributed by atoms with E-state index in [1.165, 1.54) is 0 Å². The summed E-state index contributed by atoms with van der Waals surface area (Å²) >= 11 is 0. The molecule has 0 atom stereocenters. The van der Waals surface area contributed by atoms with E-state index in [1.807, 2.05) is 19.2 Å². The van der Waals surface area contributed by atoms with Crippen molar-refractivity contribution in [3.63, 3.8) is 0 Å². The Bertz CT molecular complexity index is 330. The highest BCUT2D eigenvalue weighted by Gasteiger charge is 2.17. The number of likely N-dealkylation sites (tertiary alicyclic amines) is 1. The number of nitrogens with one attached hydrogen (secondary N) is 1. The molecule has 0 spiro atoms. The molecule has 1 aromatic heterocycles. The summed E-state index contributed by atoms with van der Waals surface area (Å²) < 4.78 is 11.5. The monoisotopic (exact) mass is 238 g/mol. The van der Waals surface area contributed by atoms with Crippen molar-refractivity contribution in [2.45, 2.75) is 32.1 Å². The predicted molar refractivity (Wildman–Crippen MR) is 66.8 cm³/mol. The molecule has 2 heterocycles. The quantitative estimate of drug-likeness (QED) is 0.845. The van der Waals surface area contributed by atoms with Crippen LogP contribution >= 0.6 is 0 Å². The van der Waals surface area contributed by atoms with Gasteiger partial charge in [-0.1, -0.05) is 0 Å². The van der Waals surface area contributed by atoms with Gasteiger partial charge in [-0.3, -0.25) is 0 Å². The van der Waals surface area contributed by atoms with Crippen LogP contribution in [0.25, 0.3) is 0 Å². The highest BCUT2D eigenvalue weighted by Crippen LogP contribution is 2.15. The minimum atomic E-state index is 0.393. The molecule has 4 heteroatoms. The van der Waals surface area contributed by atoms with Gasteiger partial charge >= 0.3 is 0 Å². The highest BCUT2D eigenvalue weighted by molar-refractivity contribution is 5.06. The average Bonchev–Trinajstić information content (AvgIpc) is 2.77. The minimum absolute atomic E-state index is 0.393. The van der Waals surface area contributed by atoms with Crippen LogP contribution in [0.5, 0.6) is 0 Å². The van der Waals surface area contributed by atoms with Crippen LogP contribution in [0, 0.1) is 0 Å². The first kappa shape index (κ1) is 12.6. The van der Waals surface area contributed by atoms with E-state index in [0.29, 0.717) is 12.7 Å². The standard InChI is InChI=1S/C13H22N2O2/c1-14-9-12-3-4-13(17-12)10-16-11-5-7-15(2)8-6-11/h3-4,11,14H,5-10H2,1-2H3. The van der Waals surface area contributed by atoms with Gasteiger partial charge in [0.15, 0.2) is 0 Å². The maximum absolute atomic E-state index is 5.87. The molecule has 2 rings (SSSR count). The van der Waals surface area contributed by atoms with Gasteiger partial charge in [-0.25, -0.2) is 0 Å². The SMILES string of the molecule is CNCc1ccc(COC2CCN(C)CC2)o1. The fourth-order valence-electron chi connectivity index (χ4n) is 2.12. The van der Waals surface area contributed by atoms with Gasteiger partial charge in [-0.2, -0.15) is 0 Å². The van der Waals surface area contributed by atoms with E-state index in [2.05, 4.69) is 17.3 Å². The second-order valence-electron chi connectivity index (χ2n) is 4.71. The van der Waals surface area contributed by atoms with Crippen LogP contribution in [-0.4, -0.2) is 38.2 Å². The number of hydrogen-bond donors (Lipinski definition) is 1. The van der Waals surface area contributed by atoms with Crippen LogP contribution in [-0.2, 0) is 17.9 Å². The molecular formula is C13H22N2O2. The lowest BCUT2D eigenvalue weighted by atomic mass is 10.1. The number of hydrogen-bond acceptors (Lipinski definition) is 4. The third-order valence-electron chi connectivity index (χ3n) is 3.20. The molecule has 1 aliphatic rings. The van der Waals surface area contributed by atoms with Gasteiger partial charge in [0.1, 0.15) is 18.1 Å². The lowest BCUT2D eigenvalue weighted by molar-refractivity contribution is -0.00511. The molecule has 1 fully saturated rings. The number of rotatable bonds is 5. The molecule has 0 radical (unpaired) electrons. The molecule has 0 saturated carbocycles. The van der Waals surface area contributed by atoms with Crippen molar-refractivity contribution in [3.8, 4) is 0 Å². The fourth-order valence-corrected chi connectivity index (χ4v) is 2.12. The topological polar surface area (TPSA) is 37.6 Å². The Hall–Kier alpha value is -0.840. The van der Waals surface area contributed by atoms with Gasteiger partial charge in [0, 0.05) is 13.1 Å². The van der Waals surface area contributed by atoms with Crippen LogP contribution in [0.3, 0.4) is 0 Å². The van der Waals surface area contributed by atoms with E-state index in [-0.39, 0.29) is 0 Å². The van der Waals surface area contributed by atoms with E-state index >= 15 is 0 Å². The third kappa shape index (κ3) is 3.84. The van der Waals surface area contributed by atoms with Gasteiger partial charge < -0.3 is 19.4 Å². The molecule has 1 aliphatic heterocycles. The fraction of sp³-hybridized carbons (Fsp3) is 0.692. The predicted octanol–water partition coefficient (Wildman–Crippen LogP) is 1.61. The zero-order valence-electron chi connectivity index (χ0n) is 10.7. The van der Waals surface area contributed by atoms with Crippen LogP contribution < -0.4 is 5.32 Å². The summed E-state index contributed by atoms with van der Waals surface area (Å²) in [6, 6.07) is 4.01. The zero-order chi connectivity index (χ0) is 12.1. The van der Waals surface area contributed by atoms with Crippen molar-refractivity contribution >= 4 is 0 Å². The second kappa shape index (κ2) is 6.19. The summed E-state index contributed by atoms with van der Waals surface area (Å²) in [6.07, 6.45) is 2.64. The molecule has 1 N–H and O–H groups in total. The smallest absolute Gasteiger partial charge is 0.129 e. The number of ether oxygens (including phenoxy) is 1. The molecule has 1 aromatic rings. The molecule has 0 aromatic carbocycles. The minimum Gasteiger partial charge on any atom is -0.462 e. The van der Waals surface area contributed by atoms with Crippen LogP contribution in [0.15, 0.2) is 16.5 Å². The van der Waals surface area contributed by atoms with Gasteiger partial charge in [0.2, 0.25) is 0 Å². The average molecular weight is 238 g/mol. The van der Waals surface area contributed by atoms with Gasteiger partial charge in [-0.05, 0) is 39.1 Å². The first-order valence-electron chi connectivity index (χ1n) is 6.30. The summed E-state index contributed by atoms with van der Waals surface area (Å²) in [4.78, 5) is 2.35. The molecule has 1 saturated heterocycles. The summed E-state index contributed by atoms with van der Waals surface area (Å²) in [7, 11) is 4.07. The molecule has 0 aliphatic carbocycles. The second-order valence-corrected chi connectivity index (χ2v) is 4.71. The molecule has 0 unspecified atom stereocenters. The summed E-state index contributed by atoms with van der Waals surface area (Å²) in [5.74, 6) is 1.89. The lowest BCUT2D eigenvalue weighted by Crippen LogP contribution is -2.34. The molecule has 96 valence electrons. The van der Waals surface area contributed by atoms with E-state index in [4.69, 9.17) is 9.15 Å². The number of nitrogens with zero attached hydrogens (tertiary/aromatic N) is 1. The lowest BCUT2D eigenvalue weighted by Gasteiger charge is -2.28. The Morgan fingerprint density at radius 3 is 2.76 bits per heavy atom. The molecule has 0 amide bonds.